The van der Waals surface area contributed by atoms with E-state index < -0.39 is 0 Å². The van der Waals surface area contributed by atoms with Crippen molar-refractivity contribution < 1.29 is 4.79 Å². The van der Waals surface area contributed by atoms with Crippen LogP contribution in [0.15, 0.2) is 36.7 Å². The van der Waals surface area contributed by atoms with Gasteiger partial charge < -0.3 is 10.6 Å². The lowest BCUT2D eigenvalue weighted by Gasteiger charge is -2.10. The van der Waals surface area contributed by atoms with E-state index in [9.17, 15) is 4.79 Å². The molecule has 1 aromatic heterocycles. The zero-order valence-electron chi connectivity index (χ0n) is 12.0. The zero-order valence-corrected chi connectivity index (χ0v) is 12.0. The smallest absolute Gasteiger partial charge is 0.275 e. The van der Waals surface area contributed by atoms with Crippen LogP contribution in [0.2, 0.25) is 0 Å². The molecule has 1 amide bonds. The Kier molecular flexibility index (Phi) is 3.92. The third-order valence-electron chi connectivity index (χ3n) is 3.61. The molecule has 5 nitrogen and oxygen atoms in total. The summed E-state index contributed by atoms with van der Waals surface area (Å²) in [4.78, 5) is 20.8. The maximum atomic E-state index is 12.2. The van der Waals surface area contributed by atoms with E-state index in [1.54, 1.807) is 6.20 Å². The molecule has 1 aliphatic rings. The first kappa shape index (κ1) is 13.7. The summed E-state index contributed by atoms with van der Waals surface area (Å²) in [5.41, 5.74) is 3.10. The molecule has 1 aromatic carbocycles. The van der Waals surface area contributed by atoms with E-state index in [4.69, 9.17) is 0 Å². The Hall–Kier alpha value is -2.27. The minimum Gasteiger partial charge on any atom is -0.321 e. The molecule has 0 saturated carbocycles. The van der Waals surface area contributed by atoms with Crippen LogP contribution in [0, 0.1) is 6.92 Å². The Morgan fingerprint density at radius 2 is 2.10 bits per heavy atom. The molecule has 2 N–H and O–H groups in total. The topological polar surface area (TPSA) is 66.9 Å². The fourth-order valence-electron chi connectivity index (χ4n) is 2.43. The minimum atomic E-state index is -0.230. The second kappa shape index (κ2) is 6.01. The highest BCUT2D eigenvalue weighted by molar-refractivity contribution is 6.02. The van der Waals surface area contributed by atoms with Gasteiger partial charge in [0.25, 0.3) is 5.91 Å². The number of hydrogen-bond acceptors (Lipinski definition) is 4. The molecule has 108 valence electrons. The van der Waals surface area contributed by atoms with E-state index in [1.807, 2.05) is 31.2 Å². The van der Waals surface area contributed by atoms with Crippen LogP contribution in [-0.2, 0) is 0 Å². The van der Waals surface area contributed by atoms with Crippen molar-refractivity contribution in [1.29, 1.82) is 0 Å². The molecule has 1 saturated heterocycles. The van der Waals surface area contributed by atoms with Gasteiger partial charge in [0.05, 0.1) is 24.1 Å². The van der Waals surface area contributed by atoms with Gasteiger partial charge in [0.1, 0.15) is 5.69 Å². The molecule has 1 atom stereocenters. The van der Waals surface area contributed by atoms with Crippen molar-refractivity contribution in [3.8, 4) is 0 Å². The molecular weight excluding hydrogens is 264 g/mol. The maximum absolute atomic E-state index is 12.2. The second-order valence-electron chi connectivity index (χ2n) is 5.30. The summed E-state index contributed by atoms with van der Waals surface area (Å²) in [7, 11) is 0. The quantitative estimate of drug-likeness (QED) is 0.907. The summed E-state index contributed by atoms with van der Waals surface area (Å²) in [5, 5.41) is 6.20. The Labute approximate surface area is 123 Å². The van der Waals surface area contributed by atoms with E-state index in [1.165, 1.54) is 6.20 Å². The van der Waals surface area contributed by atoms with Crippen LogP contribution >= 0.6 is 0 Å². The molecule has 5 heteroatoms. The van der Waals surface area contributed by atoms with Crippen LogP contribution in [0.3, 0.4) is 0 Å². The largest absolute Gasteiger partial charge is 0.321 e. The van der Waals surface area contributed by atoms with E-state index >= 15 is 0 Å². The number of amides is 1. The molecule has 1 aliphatic heterocycles. The first-order valence-electron chi connectivity index (χ1n) is 7.16. The predicted molar refractivity (Wildman–Crippen MR) is 81.1 cm³/mol. The molecule has 0 spiro atoms. The average Bonchev–Trinajstić information content (AvgIpc) is 3.04. The Balaban J connectivity index is 1.74. The van der Waals surface area contributed by atoms with Crippen LogP contribution in [0.1, 0.15) is 40.6 Å². The van der Waals surface area contributed by atoms with Gasteiger partial charge >= 0.3 is 0 Å². The monoisotopic (exact) mass is 282 g/mol. The highest BCUT2D eigenvalue weighted by atomic mass is 16.1. The average molecular weight is 282 g/mol. The molecular formula is C16H18N4O. The predicted octanol–water partition coefficient (Wildman–Crippen LogP) is 2.46. The third-order valence-corrected chi connectivity index (χ3v) is 3.61. The first-order valence-corrected chi connectivity index (χ1v) is 7.16. The lowest BCUT2D eigenvalue weighted by molar-refractivity contribution is 0.102. The molecule has 1 fully saturated rings. The van der Waals surface area contributed by atoms with Crippen molar-refractivity contribution >= 4 is 11.6 Å². The molecule has 0 radical (unpaired) electrons. The van der Waals surface area contributed by atoms with E-state index in [-0.39, 0.29) is 11.9 Å². The van der Waals surface area contributed by atoms with Gasteiger partial charge in [-0.25, -0.2) is 4.98 Å². The lowest BCUT2D eigenvalue weighted by atomic mass is 10.1. The summed E-state index contributed by atoms with van der Waals surface area (Å²) in [6, 6.07) is 7.89. The number of nitrogens with zero attached hydrogens (tertiary/aromatic N) is 2. The number of aromatic nitrogens is 2. The molecule has 2 aromatic rings. The maximum Gasteiger partial charge on any atom is 0.275 e. The standard InChI is InChI=1S/C16H18N4O/c1-11-4-6-12(7-5-11)19-16(21)15-10-17-9-14(20-15)13-3-2-8-18-13/h4-7,9-10,13,18H,2-3,8H2,1H3,(H,19,21). The Bertz CT molecular complexity index is 633. The fourth-order valence-corrected chi connectivity index (χ4v) is 2.43. The van der Waals surface area contributed by atoms with E-state index in [0.29, 0.717) is 5.69 Å². The lowest BCUT2D eigenvalue weighted by Crippen LogP contribution is -2.19. The van der Waals surface area contributed by atoms with Gasteiger partial charge in [-0.3, -0.25) is 9.78 Å². The van der Waals surface area contributed by atoms with Crippen molar-refractivity contribution in [3.63, 3.8) is 0 Å². The minimum absolute atomic E-state index is 0.213. The third kappa shape index (κ3) is 3.25. The van der Waals surface area contributed by atoms with Crippen molar-refractivity contribution in [2.75, 3.05) is 11.9 Å². The highest BCUT2D eigenvalue weighted by Gasteiger charge is 2.19. The van der Waals surface area contributed by atoms with Gasteiger partial charge in [-0.05, 0) is 38.4 Å². The molecule has 2 heterocycles. The van der Waals surface area contributed by atoms with Crippen LogP contribution in [0.25, 0.3) is 0 Å². The van der Waals surface area contributed by atoms with Gasteiger partial charge in [-0.1, -0.05) is 17.7 Å². The van der Waals surface area contributed by atoms with Gasteiger partial charge in [0, 0.05) is 5.69 Å². The van der Waals surface area contributed by atoms with Crippen LogP contribution in [0.5, 0.6) is 0 Å². The number of rotatable bonds is 3. The van der Waals surface area contributed by atoms with E-state index in [2.05, 4.69) is 20.6 Å². The normalized spacial score (nSPS) is 17.7. The first-order chi connectivity index (χ1) is 10.2. The van der Waals surface area contributed by atoms with Crippen LogP contribution in [-0.4, -0.2) is 22.4 Å². The number of carbonyl (C=O) groups is 1. The highest BCUT2D eigenvalue weighted by Crippen LogP contribution is 2.20. The molecule has 0 aliphatic carbocycles. The van der Waals surface area contributed by atoms with Gasteiger partial charge in [-0.15, -0.1) is 0 Å². The summed E-state index contributed by atoms with van der Waals surface area (Å²) in [5.74, 6) is -0.230. The number of hydrogen-bond donors (Lipinski definition) is 2. The van der Waals surface area contributed by atoms with E-state index in [0.717, 1.165) is 36.3 Å². The molecule has 1 unspecified atom stereocenters. The van der Waals surface area contributed by atoms with Crippen molar-refractivity contribution in [3.05, 3.63) is 53.6 Å². The number of nitrogens with one attached hydrogen (secondary N) is 2. The van der Waals surface area contributed by atoms with Gasteiger partial charge in [0.15, 0.2) is 0 Å². The fraction of sp³-hybridized carbons (Fsp3) is 0.312. The second-order valence-corrected chi connectivity index (χ2v) is 5.30. The number of aryl methyl sites for hydroxylation is 1. The van der Waals surface area contributed by atoms with Crippen molar-refractivity contribution in [2.24, 2.45) is 0 Å². The number of benzene rings is 1. The van der Waals surface area contributed by atoms with Crippen molar-refractivity contribution in [2.45, 2.75) is 25.8 Å². The Morgan fingerprint density at radius 3 is 2.81 bits per heavy atom. The summed E-state index contributed by atoms with van der Waals surface area (Å²) >= 11 is 0. The molecule has 0 bridgehead atoms. The molecule has 3 rings (SSSR count). The molecule has 21 heavy (non-hydrogen) atoms. The van der Waals surface area contributed by atoms with Crippen molar-refractivity contribution in [1.82, 2.24) is 15.3 Å². The summed E-state index contributed by atoms with van der Waals surface area (Å²) < 4.78 is 0. The Morgan fingerprint density at radius 1 is 1.29 bits per heavy atom. The van der Waals surface area contributed by atoms with Gasteiger partial charge in [-0.2, -0.15) is 0 Å². The zero-order chi connectivity index (χ0) is 14.7. The van der Waals surface area contributed by atoms with Crippen LogP contribution in [0.4, 0.5) is 5.69 Å². The summed E-state index contributed by atoms with van der Waals surface area (Å²) in [6.07, 6.45) is 5.40. The van der Waals surface area contributed by atoms with Gasteiger partial charge in [0.2, 0.25) is 0 Å². The van der Waals surface area contributed by atoms with Crippen LogP contribution < -0.4 is 10.6 Å². The number of anilines is 1. The summed E-state index contributed by atoms with van der Waals surface area (Å²) in [6.45, 7) is 3.00. The SMILES string of the molecule is Cc1ccc(NC(=O)c2cncc(C3CCCN3)n2)cc1. The number of carbonyl (C=O) groups excluding carboxylic acids is 1.